The van der Waals surface area contributed by atoms with Gasteiger partial charge in [0.1, 0.15) is 17.3 Å². The molecule has 0 radical (unpaired) electrons. The maximum atomic E-state index is 14.8. The fourth-order valence-corrected chi connectivity index (χ4v) is 3.83. The predicted molar refractivity (Wildman–Crippen MR) is 115 cm³/mol. The van der Waals surface area contributed by atoms with Gasteiger partial charge in [-0.1, -0.05) is 42.5 Å². The Balaban J connectivity index is 1.79. The van der Waals surface area contributed by atoms with Crippen LogP contribution in [-0.4, -0.2) is 30.1 Å². The highest BCUT2D eigenvalue weighted by atomic mass is 19.1. The molecule has 158 valence electrons. The van der Waals surface area contributed by atoms with Crippen molar-refractivity contribution in [2.75, 3.05) is 14.2 Å². The van der Waals surface area contributed by atoms with E-state index in [9.17, 15) is 14.3 Å². The number of amides is 1. The fraction of sp³-hybridized carbons (Fsp3) is 0.160. The maximum Gasteiger partial charge on any atom is 0.290 e. The standard InChI is InChI=1S/C25H22FNO4/c1-30-18-11-7-16(8-12-18)15-27-23(20-5-3-4-6-21(20)26)22(24(28)25(27)29)17-9-13-19(31-2)14-10-17/h3-14,23,28H,15H2,1-2H3/t23-/m0/s1. The number of aliphatic hydroxyl groups is 1. The Bertz CT molecular complexity index is 1120. The van der Waals surface area contributed by atoms with Gasteiger partial charge in [-0.25, -0.2) is 4.39 Å². The van der Waals surface area contributed by atoms with Crippen molar-refractivity contribution < 1.29 is 23.8 Å². The first-order chi connectivity index (χ1) is 15.0. The van der Waals surface area contributed by atoms with E-state index in [1.807, 2.05) is 12.1 Å². The van der Waals surface area contributed by atoms with Crippen molar-refractivity contribution in [1.29, 1.82) is 0 Å². The summed E-state index contributed by atoms with van der Waals surface area (Å²) < 4.78 is 25.2. The van der Waals surface area contributed by atoms with Crippen LogP contribution in [0.5, 0.6) is 11.5 Å². The van der Waals surface area contributed by atoms with Crippen LogP contribution in [0.15, 0.2) is 78.6 Å². The minimum Gasteiger partial charge on any atom is -0.503 e. The van der Waals surface area contributed by atoms with Crippen LogP contribution in [0.1, 0.15) is 22.7 Å². The zero-order valence-corrected chi connectivity index (χ0v) is 17.2. The average molecular weight is 419 g/mol. The Morgan fingerprint density at radius 3 is 2.06 bits per heavy atom. The highest BCUT2D eigenvalue weighted by Crippen LogP contribution is 2.44. The molecule has 1 amide bonds. The summed E-state index contributed by atoms with van der Waals surface area (Å²) in [7, 11) is 3.14. The van der Waals surface area contributed by atoms with Gasteiger partial charge in [-0.2, -0.15) is 0 Å². The molecule has 3 aromatic carbocycles. The summed E-state index contributed by atoms with van der Waals surface area (Å²) in [6.45, 7) is 0.200. The molecule has 0 spiro atoms. The van der Waals surface area contributed by atoms with Gasteiger partial charge in [0.05, 0.1) is 20.3 Å². The van der Waals surface area contributed by atoms with Crippen molar-refractivity contribution in [3.05, 3.63) is 101 Å². The number of ether oxygens (including phenoxy) is 2. The molecule has 3 aromatic rings. The van der Waals surface area contributed by atoms with Gasteiger partial charge in [-0.15, -0.1) is 0 Å². The van der Waals surface area contributed by atoms with E-state index in [4.69, 9.17) is 9.47 Å². The van der Waals surface area contributed by atoms with Crippen LogP contribution in [0.3, 0.4) is 0 Å². The topological polar surface area (TPSA) is 59.0 Å². The molecule has 1 heterocycles. The highest BCUT2D eigenvalue weighted by molar-refractivity contribution is 6.05. The van der Waals surface area contributed by atoms with E-state index >= 15 is 0 Å². The molecule has 0 aliphatic carbocycles. The van der Waals surface area contributed by atoms with Crippen LogP contribution in [0, 0.1) is 5.82 Å². The number of aliphatic hydroxyl groups excluding tert-OH is 1. The van der Waals surface area contributed by atoms with Gasteiger partial charge in [0.2, 0.25) is 0 Å². The first-order valence-electron chi connectivity index (χ1n) is 9.79. The second-order valence-electron chi connectivity index (χ2n) is 7.20. The molecule has 0 saturated carbocycles. The fourth-order valence-electron chi connectivity index (χ4n) is 3.83. The van der Waals surface area contributed by atoms with E-state index in [2.05, 4.69) is 0 Å². The van der Waals surface area contributed by atoms with E-state index in [1.165, 1.54) is 11.0 Å². The zero-order valence-electron chi connectivity index (χ0n) is 17.2. The van der Waals surface area contributed by atoms with Gasteiger partial charge < -0.3 is 19.5 Å². The third kappa shape index (κ3) is 3.84. The van der Waals surface area contributed by atoms with Gasteiger partial charge in [-0.3, -0.25) is 4.79 Å². The largest absolute Gasteiger partial charge is 0.503 e. The summed E-state index contributed by atoms with van der Waals surface area (Å²) in [4.78, 5) is 14.6. The lowest BCUT2D eigenvalue weighted by Crippen LogP contribution is -2.30. The van der Waals surface area contributed by atoms with Gasteiger partial charge in [0.15, 0.2) is 5.76 Å². The lowest BCUT2D eigenvalue weighted by Gasteiger charge is -2.28. The molecule has 0 fully saturated rings. The molecular weight excluding hydrogens is 397 g/mol. The van der Waals surface area contributed by atoms with Crippen LogP contribution in [0.25, 0.3) is 5.57 Å². The van der Waals surface area contributed by atoms with Crippen molar-refractivity contribution in [1.82, 2.24) is 4.90 Å². The summed E-state index contributed by atoms with van der Waals surface area (Å²) >= 11 is 0. The molecule has 1 aliphatic heterocycles. The molecule has 0 unspecified atom stereocenters. The number of benzene rings is 3. The number of nitrogens with zero attached hydrogens (tertiary/aromatic N) is 1. The van der Waals surface area contributed by atoms with Gasteiger partial charge in [0, 0.05) is 17.7 Å². The second-order valence-corrected chi connectivity index (χ2v) is 7.20. The number of carbonyl (C=O) groups is 1. The second kappa shape index (κ2) is 8.52. The first kappa shape index (κ1) is 20.5. The van der Waals surface area contributed by atoms with Crippen LogP contribution >= 0.6 is 0 Å². The van der Waals surface area contributed by atoms with E-state index in [0.29, 0.717) is 28.2 Å². The van der Waals surface area contributed by atoms with E-state index in [-0.39, 0.29) is 12.3 Å². The number of rotatable bonds is 6. The molecule has 1 atom stereocenters. The van der Waals surface area contributed by atoms with Crippen LogP contribution in [0.4, 0.5) is 4.39 Å². The van der Waals surface area contributed by atoms with Crippen LogP contribution < -0.4 is 9.47 Å². The van der Waals surface area contributed by atoms with Crippen LogP contribution in [0.2, 0.25) is 0 Å². The molecule has 5 nitrogen and oxygen atoms in total. The summed E-state index contributed by atoms with van der Waals surface area (Å²) in [5.74, 6) is -0.0321. The number of halogens is 1. The minimum absolute atomic E-state index is 0.200. The van der Waals surface area contributed by atoms with E-state index in [1.54, 1.807) is 68.8 Å². The Hall–Kier alpha value is -3.80. The summed E-state index contributed by atoms with van der Waals surface area (Å²) in [6.07, 6.45) is 0. The van der Waals surface area contributed by atoms with Crippen molar-refractivity contribution >= 4 is 11.5 Å². The molecule has 1 N–H and O–H groups in total. The quantitative estimate of drug-likeness (QED) is 0.618. The van der Waals surface area contributed by atoms with E-state index in [0.717, 1.165) is 5.56 Å². The smallest absolute Gasteiger partial charge is 0.290 e. The Morgan fingerprint density at radius 2 is 1.48 bits per heavy atom. The van der Waals surface area contributed by atoms with E-state index < -0.39 is 17.8 Å². The summed E-state index contributed by atoms with van der Waals surface area (Å²) in [6, 6.07) is 19.8. The third-order valence-electron chi connectivity index (χ3n) is 5.42. The first-order valence-corrected chi connectivity index (χ1v) is 9.79. The molecule has 6 heteroatoms. The number of carbonyl (C=O) groups excluding carboxylic acids is 1. The lowest BCUT2D eigenvalue weighted by atomic mass is 9.93. The van der Waals surface area contributed by atoms with Gasteiger partial charge in [0.25, 0.3) is 5.91 Å². The summed E-state index contributed by atoms with van der Waals surface area (Å²) in [5, 5.41) is 10.8. The van der Waals surface area contributed by atoms with Gasteiger partial charge in [-0.05, 0) is 41.5 Å². The maximum absolute atomic E-state index is 14.8. The van der Waals surface area contributed by atoms with Crippen LogP contribution in [-0.2, 0) is 11.3 Å². The average Bonchev–Trinajstić information content (AvgIpc) is 3.05. The molecule has 0 aromatic heterocycles. The normalized spacial score (nSPS) is 16.0. The molecular formula is C25H22FNO4. The molecule has 31 heavy (non-hydrogen) atoms. The Kier molecular flexibility index (Phi) is 5.62. The predicted octanol–water partition coefficient (Wildman–Crippen LogP) is 4.90. The molecule has 0 saturated heterocycles. The summed E-state index contributed by atoms with van der Waals surface area (Å²) in [5.41, 5.74) is 2.14. The number of hydrogen-bond acceptors (Lipinski definition) is 4. The highest BCUT2D eigenvalue weighted by Gasteiger charge is 2.42. The Morgan fingerprint density at radius 1 is 0.903 bits per heavy atom. The molecule has 0 bridgehead atoms. The van der Waals surface area contributed by atoms with Crippen molar-refractivity contribution in [3.63, 3.8) is 0 Å². The zero-order chi connectivity index (χ0) is 22.0. The van der Waals surface area contributed by atoms with Gasteiger partial charge >= 0.3 is 0 Å². The SMILES string of the molecule is COc1ccc(CN2C(=O)C(O)=C(c3ccc(OC)cc3)[C@@H]2c2ccccc2F)cc1. The third-order valence-corrected chi connectivity index (χ3v) is 5.42. The minimum atomic E-state index is -0.774. The number of hydrogen-bond donors (Lipinski definition) is 1. The lowest BCUT2D eigenvalue weighted by molar-refractivity contribution is -0.130. The monoisotopic (exact) mass is 419 g/mol. The number of methoxy groups -OCH3 is 2. The van der Waals surface area contributed by atoms with Crippen molar-refractivity contribution in [2.45, 2.75) is 12.6 Å². The molecule has 4 rings (SSSR count). The van der Waals surface area contributed by atoms with Crippen molar-refractivity contribution in [2.24, 2.45) is 0 Å². The Labute approximate surface area is 180 Å². The van der Waals surface area contributed by atoms with Crippen molar-refractivity contribution in [3.8, 4) is 11.5 Å². The molecule has 1 aliphatic rings.